The molecule has 3 unspecified atom stereocenters. The topological polar surface area (TPSA) is 44.4 Å². The summed E-state index contributed by atoms with van der Waals surface area (Å²) >= 11 is 0. The molecule has 3 aliphatic heterocycles. The van der Waals surface area contributed by atoms with E-state index in [1.807, 2.05) is 0 Å². The number of fused-ring (bicyclic) bond motifs is 2. The van der Waals surface area contributed by atoms with Crippen LogP contribution >= 0.6 is 0 Å². The average Bonchev–Trinajstić information content (AvgIpc) is 3.10. The lowest BCUT2D eigenvalue weighted by Crippen LogP contribution is -2.38. The molecule has 3 atom stereocenters. The smallest absolute Gasteiger partial charge is 0.224 e. The van der Waals surface area contributed by atoms with Gasteiger partial charge in [0.2, 0.25) is 5.91 Å². The monoisotopic (exact) mass is 251 g/mol. The summed E-state index contributed by atoms with van der Waals surface area (Å²) in [6.45, 7) is 4.51. The highest BCUT2D eigenvalue weighted by atomic mass is 16.1. The molecule has 0 spiro atoms. The molecule has 3 heterocycles. The minimum atomic E-state index is 0.246. The Labute approximate surface area is 109 Å². The Bertz CT molecular complexity index is 301. The van der Waals surface area contributed by atoms with E-state index in [9.17, 15) is 4.79 Å². The van der Waals surface area contributed by atoms with Crippen molar-refractivity contribution >= 4 is 5.91 Å². The van der Waals surface area contributed by atoms with Gasteiger partial charge in [0, 0.05) is 18.6 Å². The first-order valence-electron chi connectivity index (χ1n) is 7.59. The van der Waals surface area contributed by atoms with E-state index in [2.05, 4.69) is 15.5 Å². The molecule has 0 aromatic rings. The standard InChI is InChI=1S/C14H25N3O/c18-14(12-10-11-4-5-13(12)16-11)15-6-3-9-17-7-1-2-8-17/h11-13,16H,1-10H2,(H,15,18). The third-order valence-corrected chi connectivity index (χ3v) is 4.79. The number of likely N-dealkylation sites (tertiary alicyclic amines) is 1. The van der Waals surface area contributed by atoms with Gasteiger partial charge < -0.3 is 15.5 Å². The Balaban J connectivity index is 1.32. The van der Waals surface area contributed by atoms with Gasteiger partial charge in [-0.05, 0) is 58.2 Å². The van der Waals surface area contributed by atoms with Crippen LogP contribution in [0.4, 0.5) is 0 Å². The van der Waals surface area contributed by atoms with Crippen LogP contribution in [0, 0.1) is 5.92 Å². The quantitative estimate of drug-likeness (QED) is 0.708. The molecule has 2 bridgehead atoms. The van der Waals surface area contributed by atoms with Gasteiger partial charge in [-0.3, -0.25) is 4.79 Å². The zero-order chi connectivity index (χ0) is 12.4. The third-order valence-electron chi connectivity index (χ3n) is 4.79. The second-order valence-corrected chi connectivity index (χ2v) is 6.08. The zero-order valence-corrected chi connectivity index (χ0v) is 11.2. The van der Waals surface area contributed by atoms with Crippen LogP contribution in [0.1, 0.15) is 38.5 Å². The van der Waals surface area contributed by atoms with E-state index in [0.29, 0.717) is 12.1 Å². The molecule has 4 heteroatoms. The predicted molar refractivity (Wildman–Crippen MR) is 71.4 cm³/mol. The number of amides is 1. The maximum absolute atomic E-state index is 12.1. The van der Waals surface area contributed by atoms with E-state index in [1.165, 1.54) is 38.8 Å². The molecule has 102 valence electrons. The summed E-state index contributed by atoms with van der Waals surface area (Å²) in [5.41, 5.74) is 0. The molecular formula is C14H25N3O. The number of rotatable bonds is 5. The number of carbonyl (C=O) groups excluding carboxylic acids is 1. The van der Waals surface area contributed by atoms with Crippen LogP contribution in [0.2, 0.25) is 0 Å². The van der Waals surface area contributed by atoms with Gasteiger partial charge in [0.15, 0.2) is 0 Å². The first-order chi connectivity index (χ1) is 8.83. The molecule has 0 aromatic carbocycles. The highest BCUT2D eigenvalue weighted by Crippen LogP contribution is 2.33. The molecule has 18 heavy (non-hydrogen) atoms. The van der Waals surface area contributed by atoms with Crippen molar-refractivity contribution in [3.05, 3.63) is 0 Å². The molecule has 0 aromatic heterocycles. The summed E-state index contributed by atoms with van der Waals surface area (Å²) in [4.78, 5) is 14.6. The maximum Gasteiger partial charge on any atom is 0.224 e. The number of nitrogens with one attached hydrogen (secondary N) is 2. The Morgan fingerprint density at radius 1 is 1.28 bits per heavy atom. The lowest BCUT2D eigenvalue weighted by Gasteiger charge is -2.20. The van der Waals surface area contributed by atoms with Crippen molar-refractivity contribution in [3.63, 3.8) is 0 Å². The van der Waals surface area contributed by atoms with E-state index in [4.69, 9.17) is 0 Å². The first kappa shape index (κ1) is 12.4. The number of hydrogen-bond donors (Lipinski definition) is 2. The summed E-state index contributed by atoms with van der Waals surface area (Å²) in [5, 5.41) is 6.65. The van der Waals surface area contributed by atoms with Gasteiger partial charge in [-0.25, -0.2) is 0 Å². The van der Waals surface area contributed by atoms with Crippen molar-refractivity contribution in [2.75, 3.05) is 26.2 Å². The van der Waals surface area contributed by atoms with Crippen molar-refractivity contribution < 1.29 is 4.79 Å². The highest BCUT2D eigenvalue weighted by molar-refractivity contribution is 5.80. The Kier molecular flexibility index (Phi) is 3.85. The fourth-order valence-electron chi connectivity index (χ4n) is 3.77. The van der Waals surface area contributed by atoms with Crippen LogP contribution < -0.4 is 10.6 Å². The predicted octanol–water partition coefficient (Wildman–Crippen LogP) is 0.729. The third kappa shape index (κ3) is 2.69. The molecule has 1 amide bonds. The second kappa shape index (κ2) is 5.57. The minimum Gasteiger partial charge on any atom is -0.356 e. The van der Waals surface area contributed by atoms with E-state index in [-0.39, 0.29) is 11.8 Å². The SMILES string of the molecule is O=C(NCCCN1CCCC1)C1CC2CCC1N2. The van der Waals surface area contributed by atoms with Crippen molar-refractivity contribution in [3.8, 4) is 0 Å². The number of carbonyl (C=O) groups is 1. The average molecular weight is 251 g/mol. The molecule has 0 saturated carbocycles. The molecule has 2 N–H and O–H groups in total. The van der Waals surface area contributed by atoms with E-state index < -0.39 is 0 Å². The lowest BCUT2D eigenvalue weighted by molar-refractivity contribution is -0.125. The molecule has 3 rings (SSSR count). The van der Waals surface area contributed by atoms with Gasteiger partial charge in [0.05, 0.1) is 5.92 Å². The summed E-state index contributed by atoms with van der Waals surface area (Å²) in [5.74, 6) is 0.534. The summed E-state index contributed by atoms with van der Waals surface area (Å²) in [6.07, 6.45) is 7.31. The van der Waals surface area contributed by atoms with Crippen LogP contribution in [0.3, 0.4) is 0 Å². The van der Waals surface area contributed by atoms with Crippen molar-refractivity contribution in [1.82, 2.24) is 15.5 Å². The normalized spacial score (nSPS) is 35.2. The van der Waals surface area contributed by atoms with Gasteiger partial charge >= 0.3 is 0 Å². The molecule has 3 saturated heterocycles. The number of nitrogens with zero attached hydrogens (tertiary/aromatic N) is 1. The summed E-state index contributed by atoms with van der Waals surface area (Å²) in [6, 6.07) is 1.09. The molecule has 3 aliphatic rings. The first-order valence-corrected chi connectivity index (χ1v) is 7.59. The van der Waals surface area contributed by atoms with Gasteiger partial charge in [0.25, 0.3) is 0 Å². The fourth-order valence-corrected chi connectivity index (χ4v) is 3.77. The minimum absolute atomic E-state index is 0.246. The van der Waals surface area contributed by atoms with Crippen LogP contribution in [-0.2, 0) is 4.79 Å². The second-order valence-electron chi connectivity index (χ2n) is 6.08. The van der Waals surface area contributed by atoms with Crippen molar-refractivity contribution in [2.24, 2.45) is 5.92 Å². The summed E-state index contributed by atoms with van der Waals surface area (Å²) < 4.78 is 0. The van der Waals surface area contributed by atoms with E-state index >= 15 is 0 Å². The maximum atomic E-state index is 12.1. The molecule has 0 aliphatic carbocycles. The van der Waals surface area contributed by atoms with E-state index in [0.717, 1.165) is 25.9 Å². The molecule has 3 fully saturated rings. The molecular weight excluding hydrogens is 226 g/mol. The molecule has 0 radical (unpaired) electrons. The number of hydrogen-bond acceptors (Lipinski definition) is 3. The van der Waals surface area contributed by atoms with Gasteiger partial charge in [-0.15, -0.1) is 0 Å². The van der Waals surface area contributed by atoms with Gasteiger partial charge in [0.1, 0.15) is 0 Å². The van der Waals surface area contributed by atoms with Crippen LogP contribution in [0.5, 0.6) is 0 Å². The van der Waals surface area contributed by atoms with Crippen LogP contribution in [0.25, 0.3) is 0 Å². The Morgan fingerprint density at radius 2 is 2.11 bits per heavy atom. The Hall–Kier alpha value is -0.610. The van der Waals surface area contributed by atoms with Crippen molar-refractivity contribution in [2.45, 2.75) is 50.6 Å². The lowest BCUT2D eigenvalue weighted by atomic mass is 9.88. The molecule has 4 nitrogen and oxygen atoms in total. The van der Waals surface area contributed by atoms with E-state index in [1.54, 1.807) is 0 Å². The largest absolute Gasteiger partial charge is 0.356 e. The zero-order valence-electron chi connectivity index (χ0n) is 11.2. The highest BCUT2D eigenvalue weighted by Gasteiger charge is 2.42. The van der Waals surface area contributed by atoms with Crippen LogP contribution in [-0.4, -0.2) is 49.1 Å². The Morgan fingerprint density at radius 3 is 2.78 bits per heavy atom. The van der Waals surface area contributed by atoms with Gasteiger partial charge in [-0.2, -0.15) is 0 Å². The van der Waals surface area contributed by atoms with Crippen LogP contribution in [0.15, 0.2) is 0 Å². The summed E-state index contributed by atoms with van der Waals surface area (Å²) in [7, 11) is 0. The van der Waals surface area contributed by atoms with Gasteiger partial charge in [-0.1, -0.05) is 0 Å². The fraction of sp³-hybridized carbons (Fsp3) is 0.929. The van der Waals surface area contributed by atoms with Crippen molar-refractivity contribution in [1.29, 1.82) is 0 Å².